The molecule has 0 saturated heterocycles. The van der Waals surface area contributed by atoms with Crippen LogP contribution in [-0.2, 0) is 16.1 Å². The van der Waals surface area contributed by atoms with Gasteiger partial charge in [-0.2, -0.15) is 0 Å². The first-order chi connectivity index (χ1) is 23.4. The molecule has 48 heavy (non-hydrogen) atoms. The predicted octanol–water partition coefficient (Wildman–Crippen LogP) is 6.06. The minimum absolute atomic E-state index is 0.0304. The molecule has 244 valence electrons. The van der Waals surface area contributed by atoms with E-state index in [1.807, 2.05) is 49.4 Å². The van der Waals surface area contributed by atoms with Gasteiger partial charge >= 0.3 is 5.97 Å². The summed E-state index contributed by atoms with van der Waals surface area (Å²) in [7, 11) is 1.58. The molecule has 5 aromatic rings. The highest BCUT2D eigenvalue weighted by atomic mass is 32.1. The second kappa shape index (κ2) is 14.5. The fourth-order valence-electron chi connectivity index (χ4n) is 5.47. The van der Waals surface area contributed by atoms with Crippen molar-refractivity contribution < 1.29 is 28.1 Å². The number of esters is 1. The zero-order valence-corrected chi connectivity index (χ0v) is 27.5. The topological polar surface area (TPSA) is 88.4 Å². The molecule has 0 bridgehead atoms. The van der Waals surface area contributed by atoms with E-state index in [2.05, 4.69) is 0 Å². The standard InChI is InChI=1S/C38H33FN2O6S/c1-4-45-31-21-24(15-20-30(31)47-23-27-13-9-10-14-29(27)39)22-32-36(42)41-35(26-16-18-28(44-3)19-17-26)33(37(43)46-5-2)34(40-38(41)48-32)25-11-7-6-8-12-25/h6-22,35H,4-5,23H2,1-3H3/b32-22-/t35-/m1/s1. The van der Waals surface area contributed by atoms with E-state index in [-0.39, 0.29) is 30.2 Å². The van der Waals surface area contributed by atoms with E-state index >= 15 is 0 Å². The van der Waals surface area contributed by atoms with Crippen LogP contribution in [0.5, 0.6) is 17.2 Å². The lowest BCUT2D eigenvalue weighted by atomic mass is 9.93. The minimum atomic E-state index is -0.809. The maximum Gasteiger partial charge on any atom is 0.338 e. The van der Waals surface area contributed by atoms with Gasteiger partial charge in [-0.25, -0.2) is 14.2 Å². The first kappa shape index (κ1) is 32.5. The Kier molecular flexibility index (Phi) is 9.82. The minimum Gasteiger partial charge on any atom is -0.497 e. The molecular weight excluding hydrogens is 631 g/mol. The SMILES string of the molecule is CCOC(=O)C1=C(c2ccccc2)N=c2s/c(=C\c3ccc(OCc4ccccc4F)c(OCC)c3)c(=O)n2[C@@H]1c1ccc(OC)cc1. The van der Waals surface area contributed by atoms with Crippen molar-refractivity contribution in [3.8, 4) is 17.2 Å². The number of ether oxygens (including phenoxy) is 4. The van der Waals surface area contributed by atoms with Gasteiger partial charge in [0.05, 0.1) is 42.2 Å². The number of halogens is 1. The summed E-state index contributed by atoms with van der Waals surface area (Å²) in [5, 5.41) is 0. The van der Waals surface area contributed by atoms with Crippen LogP contribution in [0.2, 0.25) is 0 Å². The van der Waals surface area contributed by atoms with E-state index < -0.39 is 12.0 Å². The summed E-state index contributed by atoms with van der Waals surface area (Å²) in [5.41, 5.74) is 2.93. The number of methoxy groups -OCH3 is 1. The van der Waals surface area contributed by atoms with Gasteiger partial charge in [0.2, 0.25) is 0 Å². The van der Waals surface area contributed by atoms with E-state index in [1.54, 1.807) is 73.2 Å². The fraction of sp³-hybridized carbons (Fsp3) is 0.184. The van der Waals surface area contributed by atoms with Crippen LogP contribution < -0.4 is 29.1 Å². The quantitative estimate of drug-likeness (QED) is 0.160. The normalized spacial score (nSPS) is 14.2. The number of rotatable bonds is 11. The van der Waals surface area contributed by atoms with E-state index in [0.717, 1.165) is 5.56 Å². The summed E-state index contributed by atoms with van der Waals surface area (Å²) in [4.78, 5) is 33.3. The van der Waals surface area contributed by atoms with Gasteiger partial charge in [0.15, 0.2) is 16.3 Å². The average molecular weight is 665 g/mol. The average Bonchev–Trinajstić information content (AvgIpc) is 3.42. The Bertz CT molecular complexity index is 2160. The number of carbonyl (C=O) groups is 1. The lowest BCUT2D eigenvalue weighted by Gasteiger charge is -2.26. The van der Waals surface area contributed by atoms with Gasteiger partial charge < -0.3 is 18.9 Å². The zero-order chi connectivity index (χ0) is 33.6. The molecule has 1 aliphatic heterocycles. The van der Waals surface area contributed by atoms with E-state index in [9.17, 15) is 14.0 Å². The number of aromatic nitrogens is 1. The summed E-state index contributed by atoms with van der Waals surface area (Å²) >= 11 is 1.22. The van der Waals surface area contributed by atoms with Crippen LogP contribution in [0.4, 0.5) is 4.39 Å². The van der Waals surface area contributed by atoms with Crippen molar-refractivity contribution in [1.29, 1.82) is 0 Å². The highest BCUT2D eigenvalue weighted by Crippen LogP contribution is 2.36. The third-order valence-electron chi connectivity index (χ3n) is 7.71. The highest BCUT2D eigenvalue weighted by molar-refractivity contribution is 7.07. The third-order valence-corrected chi connectivity index (χ3v) is 8.69. The molecule has 0 radical (unpaired) electrons. The molecule has 0 fully saturated rings. The summed E-state index contributed by atoms with van der Waals surface area (Å²) < 4.78 is 38.8. The van der Waals surface area contributed by atoms with Gasteiger partial charge in [-0.15, -0.1) is 0 Å². The lowest BCUT2D eigenvalue weighted by molar-refractivity contribution is -0.138. The molecule has 0 aliphatic carbocycles. The lowest BCUT2D eigenvalue weighted by Crippen LogP contribution is -2.40. The highest BCUT2D eigenvalue weighted by Gasteiger charge is 2.35. The van der Waals surface area contributed by atoms with Gasteiger partial charge in [0.25, 0.3) is 5.56 Å². The molecule has 8 nitrogen and oxygen atoms in total. The van der Waals surface area contributed by atoms with Gasteiger partial charge in [0.1, 0.15) is 18.2 Å². The predicted molar refractivity (Wildman–Crippen MR) is 182 cm³/mol. The Morgan fingerprint density at radius 3 is 2.38 bits per heavy atom. The molecule has 0 spiro atoms. The van der Waals surface area contributed by atoms with Crippen LogP contribution in [0.1, 0.15) is 42.1 Å². The van der Waals surface area contributed by atoms with Crippen molar-refractivity contribution >= 4 is 29.1 Å². The monoisotopic (exact) mass is 664 g/mol. The Balaban J connectivity index is 1.48. The molecule has 0 N–H and O–H groups in total. The number of hydrogen-bond donors (Lipinski definition) is 0. The van der Waals surface area contributed by atoms with Crippen LogP contribution in [0.3, 0.4) is 0 Å². The third kappa shape index (κ3) is 6.65. The number of thiazole rings is 1. The number of hydrogen-bond acceptors (Lipinski definition) is 8. The molecule has 6 rings (SSSR count). The molecule has 0 unspecified atom stereocenters. The summed E-state index contributed by atoms with van der Waals surface area (Å²) in [6.45, 7) is 4.17. The van der Waals surface area contributed by atoms with Gasteiger partial charge in [0, 0.05) is 11.1 Å². The largest absolute Gasteiger partial charge is 0.497 e. The van der Waals surface area contributed by atoms with Gasteiger partial charge in [-0.3, -0.25) is 9.36 Å². The maximum atomic E-state index is 14.3. The first-order valence-corrected chi connectivity index (χ1v) is 16.3. The number of carbonyl (C=O) groups excluding carboxylic acids is 1. The van der Waals surface area contributed by atoms with Crippen LogP contribution in [0, 0.1) is 5.82 Å². The summed E-state index contributed by atoms with van der Waals surface area (Å²) in [6, 6.07) is 27.6. The van der Waals surface area contributed by atoms with Gasteiger partial charge in [-0.1, -0.05) is 78.1 Å². The second-order valence-electron chi connectivity index (χ2n) is 10.7. The van der Waals surface area contributed by atoms with Crippen LogP contribution in [-0.4, -0.2) is 30.9 Å². The Labute approximate surface area is 280 Å². The molecule has 1 atom stereocenters. The van der Waals surface area contributed by atoms with Crippen molar-refractivity contribution in [1.82, 2.24) is 4.57 Å². The Hall–Kier alpha value is -5.48. The van der Waals surface area contributed by atoms with E-state index in [4.69, 9.17) is 23.9 Å². The van der Waals surface area contributed by atoms with Crippen molar-refractivity contribution in [2.45, 2.75) is 26.5 Å². The van der Waals surface area contributed by atoms with Crippen LogP contribution in [0.15, 0.2) is 112 Å². The fourth-order valence-corrected chi connectivity index (χ4v) is 6.47. The van der Waals surface area contributed by atoms with Crippen LogP contribution in [0.25, 0.3) is 11.8 Å². The Morgan fingerprint density at radius 1 is 0.917 bits per heavy atom. The molecule has 4 aromatic carbocycles. The smallest absolute Gasteiger partial charge is 0.338 e. The molecule has 0 amide bonds. The summed E-state index contributed by atoms with van der Waals surface area (Å²) in [6.07, 6.45) is 1.76. The van der Waals surface area contributed by atoms with Crippen molar-refractivity contribution in [2.75, 3.05) is 20.3 Å². The second-order valence-corrected chi connectivity index (χ2v) is 11.7. The number of nitrogens with zero attached hydrogens (tertiary/aromatic N) is 2. The zero-order valence-electron chi connectivity index (χ0n) is 26.6. The van der Waals surface area contributed by atoms with Crippen molar-refractivity contribution in [2.24, 2.45) is 4.99 Å². The maximum absolute atomic E-state index is 14.3. The van der Waals surface area contributed by atoms with Crippen LogP contribution >= 0.6 is 11.3 Å². The number of benzene rings is 4. The first-order valence-electron chi connectivity index (χ1n) is 15.5. The van der Waals surface area contributed by atoms with Crippen molar-refractivity contribution in [3.63, 3.8) is 0 Å². The molecular formula is C38H33FN2O6S. The van der Waals surface area contributed by atoms with E-state index in [0.29, 0.717) is 55.6 Å². The Morgan fingerprint density at radius 2 is 1.67 bits per heavy atom. The molecule has 2 heterocycles. The van der Waals surface area contributed by atoms with E-state index in [1.165, 1.54) is 17.4 Å². The van der Waals surface area contributed by atoms with Gasteiger partial charge in [-0.05, 0) is 61.4 Å². The molecule has 1 aromatic heterocycles. The number of fused-ring (bicyclic) bond motifs is 1. The molecule has 0 saturated carbocycles. The van der Waals surface area contributed by atoms with Crippen molar-refractivity contribution in [3.05, 3.63) is 150 Å². The summed E-state index contributed by atoms with van der Waals surface area (Å²) in [5.74, 6) is 0.647. The molecule has 1 aliphatic rings. The molecule has 10 heteroatoms.